The van der Waals surface area contributed by atoms with E-state index < -0.39 is 54.3 Å². The van der Waals surface area contributed by atoms with E-state index in [0.717, 1.165) is 0 Å². The van der Waals surface area contributed by atoms with Crippen LogP contribution in [0.4, 0.5) is 0 Å². The fourth-order valence-corrected chi connectivity index (χ4v) is 2.64. The lowest BCUT2D eigenvalue weighted by atomic mass is 10.1. The van der Waals surface area contributed by atoms with E-state index in [2.05, 4.69) is 28.6 Å². The van der Waals surface area contributed by atoms with E-state index in [-0.39, 0.29) is 25.0 Å². The SMILES string of the molecule is CSCCC(NC(=O)C(CS)NC(=O)CNC(=O)C(N)CCC(=O)O)C(=O)O. The first-order valence-electron chi connectivity index (χ1n) is 8.29. The maximum Gasteiger partial charge on any atom is 0.326 e. The van der Waals surface area contributed by atoms with Gasteiger partial charge in [-0.05, 0) is 24.9 Å². The van der Waals surface area contributed by atoms with E-state index in [9.17, 15) is 24.0 Å². The molecule has 0 rings (SSSR count). The van der Waals surface area contributed by atoms with Gasteiger partial charge in [0, 0.05) is 12.2 Å². The molecular formula is C15H26N4O7S2. The van der Waals surface area contributed by atoms with Gasteiger partial charge in [-0.3, -0.25) is 19.2 Å². The second-order valence-electron chi connectivity index (χ2n) is 5.74. The van der Waals surface area contributed by atoms with Gasteiger partial charge in [0.2, 0.25) is 17.7 Å². The number of aliphatic carboxylic acids is 2. The summed E-state index contributed by atoms with van der Waals surface area (Å²) in [5.74, 6) is -3.95. The number of hydrogen-bond donors (Lipinski definition) is 7. The van der Waals surface area contributed by atoms with Crippen LogP contribution in [0.5, 0.6) is 0 Å². The summed E-state index contributed by atoms with van der Waals surface area (Å²) in [6, 6.07) is -3.27. The maximum atomic E-state index is 12.2. The molecule has 0 spiro atoms. The maximum absolute atomic E-state index is 12.2. The molecule has 0 aromatic rings. The lowest BCUT2D eigenvalue weighted by Gasteiger charge is -2.20. The fraction of sp³-hybridized carbons (Fsp3) is 0.667. The molecule has 11 nitrogen and oxygen atoms in total. The topological polar surface area (TPSA) is 188 Å². The normalized spacial score (nSPS) is 13.7. The van der Waals surface area contributed by atoms with Crippen LogP contribution in [0.2, 0.25) is 0 Å². The number of nitrogens with one attached hydrogen (secondary N) is 3. The molecule has 0 saturated carbocycles. The van der Waals surface area contributed by atoms with Crippen LogP contribution in [0.15, 0.2) is 0 Å². The Balaban J connectivity index is 4.53. The molecule has 0 aliphatic heterocycles. The van der Waals surface area contributed by atoms with E-state index >= 15 is 0 Å². The number of nitrogens with two attached hydrogens (primary N) is 1. The molecule has 13 heteroatoms. The van der Waals surface area contributed by atoms with Crippen molar-refractivity contribution in [2.75, 3.05) is 24.3 Å². The van der Waals surface area contributed by atoms with Gasteiger partial charge in [0.1, 0.15) is 12.1 Å². The third kappa shape index (κ3) is 11.0. The summed E-state index contributed by atoms with van der Waals surface area (Å²) in [5, 5.41) is 24.6. The Bertz CT molecular complexity index is 577. The van der Waals surface area contributed by atoms with Gasteiger partial charge in [-0.15, -0.1) is 0 Å². The van der Waals surface area contributed by atoms with Gasteiger partial charge in [-0.1, -0.05) is 0 Å². The van der Waals surface area contributed by atoms with Crippen LogP contribution >= 0.6 is 24.4 Å². The van der Waals surface area contributed by atoms with Crippen LogP contribution < -0.4 is 21.7 Å². The summed E-state index contributed by atoms with van der Waals surface area (Å²) in [4.78, 5) is 57.4. The van der Waals surface area contributed by atoms with Gasteiger partial charge < -0.3 is 31.9 Å². The molecule has 0 bridgehead atoms. The average Bonchev–Trinajstić information content (AvgIpc) is 2.64. The molecule has 0 heterocycles. The molecule has 28 heavy (non-hydrogen) atoms. The van der Waals surface area contributed by atoms with Gasteiger partial charge in [0.15, 0.2) is 0 Å². The predicted molar refractivity (Wildman–Crippen MR) is 106 cm³/mol. The summed E-state index contributed by atoms with van der Waals surface area (Å²) >= 11 is 5.41. The molecule has 3 unspecified atom stereocenters. The largest absolute Gasteiger partial charge is 0.481 e. The van der Waals surface area contributed by atoms with Crippen LogP contribution in [0.3, 0.4) is 0 Å². The summed E-state index contributed by atoms with van der Waals surface area (Å²) in [5.41, 5.74) is 5.51. The minimum Gasteiger partial charge on any atom is -0.481 e. The van der Waals surface area contributed by atoms with Crippen molar-refractivity contribution in [1.29, 1.82) is 0 Å². The number of rotatable bonds is 14. The number of amides is 3. The highest BCUT2D eigenvalue weighted by molar-refractivity contribution is 7.98. The molecule has 0 aliphatic carbocycles. The lowest BCUT2D eigenvalue weighted by Crippen LogP contribution is -2.54. The third-order valence-corrected chi connectivity index (χ3v) is 4.50. The molecule has 0 fully saturated rings. The molecule has 3 atom stereocenters. The molecule has 0 radical (unpaired) electrons. The minimum atomic E-state index is -1.19. The number of carboxylic acid groups (broad SMARTS) is 2. The van der Waals surface area contributed by atoms with Gasteiger partial charge >= 0.3 is 11.9 Å². The van der Waals surface area contributed by atoms with E-state index in [0.29, 0.717) is 5.75 Å². The Kier molecular flexibility index (Phi) is 13.1. The first-order valence-corrected chi connectivity index (χ1v) is 10.3. The summed E-state index contributed by atoms with van der Waals surface area (Å²) in [6.45, 7) is -0.480. The molecule has 0 saturated heterocycles. The number of thiol groups is 1. The third-order valence-electron chi connectivity index (χ3n) is 3.49. The van der Waals surface area contributed by atoms with Gasteiger partial charge in [-0.25, -0.2) is 4.79 Å². The number of carbonyl (C=O) groups excluding carboxylic acids is 3. The highest BCUT2D eigenvalue weighted by Gasteiger charge is 2.25. The number of carbonyl (C=O) groups is 5. The second kappa shape index (κ2) is 14.1. The van der Waals surface area contributed by atoms with Gasteiger partial charge in [0.05, 0.1) is 12.6 Å². The highest BCUT2D eigenvalue weighted by atomic mass is 32.2. The average molecular weight is 439 g/mol. The number of thioether (sulfide) groups is 1. The van der Waals surface area contributed by atoms with Crippen LogP contribution in [-0.4, -0.2) is 82.3 Å². The van der Waals surface area contributed by atoms with E-state index in [1.165, 1.54) is 11.8 Å². The highest BCUT2D eigenvalue weighted by Crippen LogP contribution is 2.02. The zero-order chi connectivity index (χ0) is 21.7. The van der Waals surface area contributed by atoms with E-state index in [4.69, 9.17) is 15.9 Å². The van der Waals surface area contributed by atoms with Crippen molar-refractivity contribution in [2.45, 2.75) is 37.4 Å². The van der Waals surface area contributed by atoms with Crippen LogP contribution in [0.25, 0.3) is 0 Å². The summed E-state index contributed by atoms with van der Waals surface area (Å²) in [7, 11) is 0. The number of carboxylic acids is 2. The Labute approximate surface area is 172 Å². The molecular weight excluding hydrogens is 412 g/mol. The Hall–Kier alpha value is -1.99. The van der Waals surface area contributed by atoms with Crippen molar-refractivity contribution in [3.63, 3.8) is 0 Å². The van der Waals surface area contributed by atoms with Gasteiger partial charge in [-0.2, -0.15) is 24.4 Å². The van der Waals surface area contributed by atoms with Crippen LogP contribution in [0.1, 0.15) is 19.3 Å². The van der Waals surface area contributed by atoms with Crippen molar-refractivity contribution in [3.05, 3.63) is 0 Å². The zero-order valence-corrected chi connectivity index (χ0v) is 17.1. The lowest BCUT2D eigenvalue weighted by molar-refractivity contribution is -0.142. The minimum absolute atomic E-state index is 0.0848. The molecule has 7 N–H and O–H groups in total. The van der Waals surface area contributed by atoms with Gasteiger partial charge in [0.25, 0.3) is 0 Å². The van der Waals surface area contributed by atoms with Crippen molar-refractivity contribution >= 4 is 54.1 Å². The monoisotopic (exact) mass is 438 g/mol. The van der Waals surface area contributed by atoms with E-state index in [1.807, 2.05) is 0 Å². The number of hydrogen-bond acceptors (Lipinski definition) is 8. The summed E-state index contributed by atoms with van der Waals surface area (Å²) < 4.78 is 0. The Morgan fingerprint density at radius 1 is 1.04 bits per heavy atom. The predicted octanol–water partition coefficient (Wildman–Crippen LogP) is -1.97. The van der Waals surface area contributed by atoms with E-state index in [1.54, 1.807) is 6.26 Å². The fourth-order valence-electron chi connectivity index (χ4n) is 1.91. The quantitative estimate of drug-likeness (QED) is 0.151. The standard InChI is InChI=1S/C15H26N4O7S2/c1-28-5-4-9(15(25)26)19-14(24)10(7-27)18-11(20)6-17-13(23)8(16)2-3-12(21)22/h8-10,27H,2-7,16H2,1H3,(H,17,23)(H,18,20)(H,19,24)(H,21,22)(H,25,26). The van der Waals surface area contributed by atoms with Crippen molar-refractivity contribution in [3.8, 4) is 0 Å². The van der Waals surface area contributed by atoms with Crippen molar-refractivity contribution in [2.24, 2.45) is 5.73 Å². The molecule has 3 amide bonds. The molecule has 0 aromatic carbocycles. The Morgan fingerprint density at radius 3 is 2.18 bits per heavy atom. The van der Waals surface area contributed by atoms with Crippen LogP contribution in [0, 0.1) is 0 Å². The van der Waals surface area contributed by atoms with Crippen molar-refractivity contribution < 1.29 is 34.2 Å². The van der Waals surface area contributed by atoms with Crippen LogP contribution in [-0.2, 0) is 24.0 Å². The molecule has 160 valence electrons. The second-order valence-corrected chi connectivity index (χ2v) is 7.09. The summed E-state index contributed by atoms with van der Waals surface area (Å²) in [6.07, 6.45) is 1.65. The Morgan fingerprint density at radius 2 is 1.68 bits per heavy atom. The first kappa shape index (κ1) is 26.0. The van der Waals surface area contributed by atoms with Crippen molar-refractivity contribution in [1.82, 2.24) is 16.0 Å². The molecule has 0 aliphatic rings. The first-order chi connectivity index (χ1) is 13.1. The zero-order valence-electron chi connectivity index (χ0n) is 15.3. The molecule has 0 aromatic heterocycles. The smallest absolute Gasteiger partial charge is 0.326 e.